The Bertz CT molecular complexity index is 1120. The fraction of sp³-hybridized carbons (Fsp3) is 0.308. The van der Waals surface area contributed by atoms with Crippen LogP contribution in [-0.4, -0.2) is 61.8 Å². The second kappa shape index (κ2) is 10.4. The lowest BCUT2D eigenvalue weighted by Gasteiger charge is -2.25. The van der Waals surface area contributed by atoms with Crippen LogP contribution in [0.1, 0.15) is 23.6 Å². The van der Waals surface area contributed by atoms with Crippen LogP contribution in [0, 0.1) is 0 Å². The van der Waals surface area contributed by atoms with E-state index in [9.17, 15) is 14.7 Å². The van der Waals surface area contributed by atoms with Crippen LogP contribution in [0.2, 0.25) is 0 Å². The number of likely N-dealkylation sites (tertiary alicyclic amines) is 1. The molecule has 4 rings (SSSR count). The summed E-state index contributed by atoms with van der Waals surface area (Å²) in [7, 11) is 1.58. The quantitative estimate of drug-likeness (QED) is 0.199. The fourth-order valence-electron chi connectivity index (χ4n) is 4.11. The molecule has 0 aliphatic carbocycles. The Morgan fingerprint density at radius 1 is 1.18 bits per heavy atom. The fourth-order valence-corrected chi connectivity index (χ4v) is 4.11. The van der Waals surface area contributed by atoms with Crippen molar-refractivity contribution in [2.75, 3.05) is 40.1 Å². The highest BCUT2D eigenvalue weighted by atomic mass is 16.6. The van der Waals surface area contributed by atoms with Crippen LogP contribution in [0.4, 0.5) is 0 Å². The number of Topliss-reactive ketones (excluding diaryl/α,β-unsaturated/α-hetero) is 1. The normalized spacial score (nSPS) is 18.7. The molecule has 2 aromatic carbocycles. The number of amides is 1. The molecule has 0 saturated carbocycles. The number of ether oxygens (including phenoxy) is 4. The van der Waals surface area contributed by atoms with Crippen molar-refractivity contribution < 1.29 is 33.6 Å². The smallest absolute Gasteiger partial charge is 0.295 e. The minimum absolute atomic E-state index is 0.0139. The van der Waals surface area contributed by atoms with Crippen LogP contribution in [0.5, 0.6) is 17.2 Å². The van der Waals surface area contributed by atoms with Gasteiger partial charge in [-0.05, 0) is 42.3 Å². The predicted octanol–water partition coefficient (Wildman–Crippen LogP) is 3.48. The number of carbonyl (C=O) groups is 2. The molecule has 1 unspecified atom stereocenters. The Labute approximate surface area is 198 Å². The summed E-state index contributed by atoms with van der Waals surface area (Å²) in [5.41, 5.74) is 1.03. The Hall–Kier alpha value is -3.78. The minimum atomic E-state index is -0.780. The summed E-state index contributed by atoms with van der Waals surface area (Å²) in [5.74, 6) is -0.0801. The highest BCUT2D eigenvalue weighted by Crippen LogP contribution is 2.41. The van der Waals surface area contributed by atoms with Crippen molar-refractivity contribution in [1.29, 1.82) is 0 Å². The molecule has 1 saturated heterocycles. The number of fused-ring (bicyclic) bond motifs is 1. The highest BCUT2D eigenvalue weighted by Gasteiger charge is 2.46. The number of aliphatic hydroxyl groups excluding tert-OH is 1. The van der Waals surface area contributed by atoms with E-state index in [1.54, 1.807) is 55.7 Å². The van der Waals surface area contributed by atoms with Gasteiger partial charge >= 0.3 is 0 Å². The van der Waals surface area contributed by atoms with Gasteiger partial charge in [-0.2, -0.15) is 0 Å². The summed E-state index contributed by atoms with van der Waals surface area (Å²) in [6, 6.07) is 11.3. The van der Waals surface area contributed by atoms with Crippen molar-refractivity contribution in [2.24, 2.45) is 0 Å². The lowest BCUT2D eigenvalue weighted by molar-refractivity contribution is -0.140. The average Bonchev–Trinajstić information content (AvgIpc) is 3.12. The molecule has 2 aromatic rings. The topological polar surface area (TPSA) is 94.5 Å². The molecule has 1 amide bonds. The zero-order valence-electron chi connectivity index (χ0n) is 19.0. The molecule has 0 spiro atoms. The van der Waals surface area contributed by atoms with Gasteiger partial charge in [-0.3, -0.25) is 9.59 Å². The molecule has 34 heavy (non-hydrogen) atoms. The molecule has 0 radical (unpaired) electrons. The van der Waals surface area contributed by atoms with E-state index < -0.39 is 17.7 Å². The number of aliphatic hydroxyl groups is 1. The molecular weight excluding hydrogens is 438 g/mol. The maximum Gasteiger partial charge on any atom is 0.295 e. The van der Waals surface area contributed by atoms with Gasteiger partial charge in [-0.1, -0.05) is 24.8 Å². The van der Waals surface area contributed by atoms with Crippen molar-refractivity contribution in [1.82, 2.24) is 4.90 Å². The van der Waals surface area contributed by atoms with E-state index in [0.717, 1.165) is 0 Å². The number of methoxy groups -OCH3 is 1. The first kappa shape index (κ1) is 23.4. The number of carbonyl (C=O) groups excluding carboxylic acids is 2. The Kier molecular flexibility index (Phi) is 7.18. The van der Waals surface area contributed by atoms with Crippen LogP contribution in [0.15, 0.2) is 60.7 Å². The van der Waals surface area contributed by atoms with E-state index in [0.29, 0.717) is 67.8 Å². The second-order valence-electron chi connectivity index (χ2n) is 7.87. The van der Waals surface area contributed by atoms with E-state index in [1.807, 2.05) is 0 Å². The highest BCUT2D eigenvalue weighted by molar-refractivity contribution is 6.46. The third kappa shape index (κ3) is 4.63. The van der Waals surface area contributed by atoms with Gasteiger partial charge in [-0.25, -0.2) is 0 Å². The summed E-state index contributed by atoms with van der Waals surface area (Å²) in [5, 5.41) is 11.3. The van der Waals surface area contributed by atoms with Crippen molar-refractivity contribution in [3.63, 3.8) is 0 Å². The number of hydrogen-bond donors (Lipinski definition) is 1. The summed E-state index contributed by atoms with van der Waals surface area (Å²) in [6.07, 6.45) is 2.17. The summed E-state index contributed by atoms with van der Waals surface area (Å²) < 4.78 is 21.9. The third-order valence-electron chi connectivity index (χ3n) is 5.64. The first-order valence-electron chi connectivity index (χ1n) is 11.1. The molecule has 8 heteroatoms. The Morgan fingerprint density at radius 3 is 2.74 bits per heavy atom. The van der Waals surface area contributed by atoms with Crippen LogP contribution in [0.3, 0.4) is 0 Å². The average molecular weight is 466 g/mol. The first-order valence-corrected chi connectivity index (χ1v) is 11.1. The van der Waals surface area contributed by atoms with Gasteiger partial charge in [0.25, 0.3) is 11.7 Å². The number of benzene rings is 2. The molecular formula is C26H27NO7. The van der Waals surface area contributed by atoms with Crippen molar-refractivity contribution in [2.45, 2.75) is 12.5 Å². The number of ketones is 1. The number of rotatable bonds is 9. The molecule has 0 bridgehead atoms. The maximum atomic E-state index is 13.2. The molecule has 1 fully saturated rings. The van der Waals surface area contributed by atoms with E-state index >= 15 is 0 Å². The third-order valence-corrected chi connectivity index (χ3v) is 5.64. The van der Waals surface area contributed by atoms with Gasteiger partial charge < -0.3 is 29.0 Å². The Balaban J connectivity index is 1.79. The summed E-state index contributed by atoms with van der Waals surface area (Å²) in [4.78, 5) is 27.6. The lowest BCUT2D eigenvalue weighted by Crippen LogP contribution is -2.31. The van der Waals surface area contributed by atoms with Crippen molar-refractivity contribution in [3.8, 4) is 17.2 Å². The zero-order chi connectivity index (χ0) is 24.1. The van der Waals surface area contributed by atoms with Gasteiger partial charge in [0.1, 0.15) is 31.3 Å². The summed E-state index contributed by atoms with van der Waals surface area (Å²) in [6.45, 7) is 5.52. The molecule has 178 valence electrons. The summed E-state index contributed by atoms with van der Waals surface area (Å²) >= 11 is 0. The molecule has 2 heterocycles. The molecule has 1 atom stereocenters. The van der Waals surface area contributed by atoms with E-state index in [4.69, 9.17) is 18.9 Å². The number of nitrogens with zero attached hydrogens (tertiary/aromatic N) is 1. The maximum absolute atomic E-state index is 13.2. The van der Waals surface area contributed by atoms with Gasteiger partial charge in [0, 0.05) is 25.8 Å². The minimum Gasteiger partial charge on any atom is -0.507 e. The van der Waals surface area contributed by atoms with Crippen molar-refractivity contribution >= 4 is 17.4 Å². The molecule has 2 aliphatic rings. The lowest BCUT2D eigenvalue weighted by atomic mass is 9.95. The number of hydrogen-bond acceptors (Lipinski definition) is 7. The monoisotopic (exact) mass is 465 g/mol. The van der Waals surface area contributed by atoms with Gasteiger partial charge in [0.15, 0.2) is 11.5 Å². The molecule has 2 aliphatic heterocycles. The van der Waals surface area contributed by atoms with Crippen LogP contribution in [0.25, 0.3) is 5.76 Å². The van der Waals surface area contributed by atoms with Gasteiger partial charge in [-0.15, -0.1) is 0 Å². The second-order valence-corrected chi connectivity index (χ2v) is 7.87. The van der Waals surface area contributed by atoms with Crippen LogP contribution in [-0.2, 0) is 14.3 Å². The molecule has 0 aromatic heterocycles. The van der Waals surface area contributed by atoms with Crippen LogP contribution >= 0.6 is 0 Å². The standard InChI is InChI=1S/C26H27NO7/c1-3-11-32-19-7-4-6-17(15-19)23-22(25(29)26(30)27(23)10-5-12-31-2)24(28)18-8-9-20-21(16-18)34-14-13-33-20/h3-4,6-9,15-16,23,28H,1,5,10-14H2,2H3/b24-22+. The predicted molar refractivity (Wildman–Crippen MR) is 125 cm³/mol. The first-order chi connectivity index (χ1) is 16.5. The van der Waals surface area contributed by atoms with Gasteiger partial charge in [0.2, 0.25) is 0 Å². The van der Waals surface area contributed by atoms with E-state index in [2.05, 4.69) is 6.58 Å². The van der Waals surface area contributed by atoms with E-state index in [1.165, 1.54) is 4.90 Å². The zero-order valence-corrected chi connectivity index (χ0v) is 19.0. The molecule has 8 nitrogen and oxygen atoms in total. The van der Waals surface area contributed by atoms with E-state index in [-0.39, 0.29) is 11.3 Å². The van der Waals surface area contributed by atoms with Crippen LogP contribution < -0.4 is 14.2 Å². The van der Waals surface area contributed by atoms with Crippen molar-refractivity contribution in [3.05, 3.63) is 71.8 Å². The molecule has 1 N–H and O–H groups in total. The largest absolute Gasteiger partial charge is 0.507 e. The SMILES string of the molecule is C=CCOc1cccc(C2/C(=C(\O)c3ccc4c(c3)OCCO4)C(=O)C(=O)N2CCCOC)c1. The van der Waals surface area contributed by atoms with Gasteiger partial charge in [0.05, 0.1) is 11.6 Å². The Morgan fingerprint density at radius 2 is 1.97 bits per heavy atom.